The van der Waals surface area contributed by atoms with Crippen molar-refractivity contribution in [1.29, 1.82) is 0 Å². The summed E-state index contributed by atoms with van der Waals surface area (Å²) in [5.74, 6) is -2.12. The Morgan fingerprint density at radius 2 is 1.77 bits per heavy atom. The quantitative estimate of drug-likeness (QED) is 0.422. The van der Waals surface area contributed by atoms with E-state index in [2.05, 4.69) is 11.1 Å². The van der Waals surface area contributed by atoms with Crippen LogP contribution in [0.15, 0.2) is 72.9 Å². The van der Waals surface area contributed by atoms with Gasteiger partial charge in [-0.3, -0.25) is 0 Å². The Morgan fingerprint density at radius 1 is 0.967 bits per heavy atom. The molecule has 0 aliphatic carbocycles. The summed E-state index contributed by atoms with van der Waals surface area (Å²) in [6.45, 7) is 0.259. The van der Waals surface area contributed by atoms with Crippen LogP contribution in [0.5, 0.6) is 0 Å². The fourth-order valence-electron chi connectivity index (χ4n) is 4.08. The number of benzene rings is 2. The molecule has 2 aromatic heterocycles. The van der Waals surface area contributed by atoms with Crippen LogP contribution in [0.1, 0.15) is 12.8 Å². The molecular weight excluding hydrogens is 380 g/mol. The molecule has 1 aliphatic heterocycles. The normalized spacial score (nSPS) is 16.0. The minimum absolute atomic E-state index is 0.0725. The predicted octanol–water partition coefficient (Wildman–Crippen LogP) is 6.00. The highest BCUT2D eigenvalue weighted by molar-refractivity contribution is 5.97. The molecular formula is C25H20F2N3. The molecule has 0 amide bonds. The molecule has 1 fully saturated rings. The van der Waals surface area contributed by atoms with Gasteiger partial charge in [-0.2, -0.15) is 0 Å². The Labute approximate surface area is 174 Å². The second kappa shape index (κ2) is 7.48. The summed E-state index contributed by atoms with van der Waals surface area (Å²) in [7, 11) is 0. The van der Waals surface area contributed by atoms with Crippen molar-refractivity contribution >= 4 is 16.7 Å². The van der Waals surface area contributed by atoms with Crippen LogP contribution in [0.2, 0.25) is 0 Å². The van der Waals surface area contributed by atoms with Crippen LogP contribution < -0.4 is 4.90 Å². The number of aromatic nitrogens is 2. The average molecular weight is 400 g/mol. The van der Waals surface area contributed by atoms with E-state index in [1.807, 2.05) is 66.7 Å². The van der Waals surface area contributed by atoms with Gasteiger partial charge in [0.25, 0.3) is 5.92 Å². The topological polar surface area (TPSA) is 29.0 Å². The fourth-order valence-corrected chi connectivity index (χ4v) is 4.08. The van der Waals surface area contributed by atoms with E-state index in [4.69, 9.17) is 4.98 Å². The molecule has 30 heavy (non-hydrogen) atoms. The monoisotopic (exact) mass is 400 g/mol. The van der Waals surface area contributed by atoms with Crippen LogP contribution in [-0.4, -0.2) is 29.0 Å². The van der Waals surface area contributed by atoms with Crippen LogP contribution in [-0.2, 0) is 0 Å². The zero-order chi connectivity index (χ0) is 20.6. The highest BCUT2D eigenvalue weighted by Crippen LogP contribution is 2.37. The molecule has 3 heterocycles. The summed E-state index contributed by atoms with van der Waals surface area (Å²) in [4.78, 5) is 11.1. The third-order valence-electron chi connectivity index (χ3n) is 5.49. The molecule has 1 radical (unpaired) electrons. The molecule has 4 aromatic rings. The van der Waals surface area contributed by atoms with Gasteiger partial charge in [-0.25, -0.2) is 18.7 Å². The average Bonchev–Trinajstić information content (AvgIpc) is 2.78. The number of hydrogen-bond acceptors (Lipinski definition) is 3. The van der Waals surface area contributed by atoms with Crippen molar-refractivity contribution in [3.8, 4) is 22.4 Å². The van der Waals surface area contributed by atoms with Crippen molar-refractivity contribution in [2.24, 2.45) is 0 Å². The van der Waals surface area contributed by atoms with Gasteiger partial charge < -0.3 is 4.90 Å². The molecule has 3 nitrogen and oxygen atoms in total. The molecule has 0 spiro atoms. The number of alkyl halides is 2. The van der Waals surface area contributed by atoms with Gasteiger partial charge >= 0.3 is 0 Å². The number of anilines is 1. The summed E-state index contributed by atoms with van der Waals surface area (Å²) in [6.07, 6.45) is 2.03. The Kier molecular flexibility index (Phi) is 4.66. The maximum absolute atomic E-state index is 14.1. The van der Waals surface area contributed by atoms with Crippen LogP contribution in [0.25, 0.3) is 33.3 Å². The first kappa shape index (κ1) is 18.7. The van der Waals surface area contributed by atoms with Crippen molar-refractivity contribution < 1.29 is 8.78 Å². The maximum Gasteiger partial charge on any atom is 0.265 e. The lowest BCUT2D eigenvalue weighted by molar-refractivity contribution is -0.0117. The first-order chi connectivity index (χ1) is 14.6. The molecule has 0 N–H and O–H groups in total. The van der Waals surface area contributed by atoms with Gasteiger partial charge in [0.2, 0.25) is 0 Å². The third-order valence-corrected chi connectivity index (χ3v) is 5.49. The van der Waals surface area contributed by atoms with Gasteiger partial charge in [-0.15, -0.1) is 0 Å². The zero-order valence-corrected chi connectivity index (χ0v) is 16.4. The van der Waals surface area contributed by atoms with E-state index in [0.29, 0.717) is 18.8 Å². The number of fused-ring (bicyclic) bond motifs is 1. The van der Waals surface area contributed by atoms with Gasteiger partial charge in [0.1, 0.15) is 5.82 Å². The first-order valence-corrected chi connectivity index (χ1v) is 10.1. The molecule has 1 saturated heterocycles. The van der Waals surface area contributed by atoms with E-state index < -0.39 is 5.92 Å². The number of piperidine rings is 1. The van der Waals surface area contributed by atoms with Gasteiger partial charge in [0, 0.05) is 35.7 Å². The summed E-state index contributed by atoms with van der Waals surface area (Å²) in [5.41, 5.74) is 4.55. The molecule has 5 heteroatoms. The molecule has 0 saturated carbocycles. The molecule has 5 rings (SSSR count). The Balaban J connectivity index is 1.73. The van der Waals surface area contributed by atoms with Crippen molar-refractivity contribution in [3.63, 3.8) is 0 Å². The Hall–Kier alpha value is -3.34. The molecule has 2 aromatic carbocycles. The van der Waals surface area contributed by atoms with E-state index in [0.717, 1.165) is 33.3 Å². The number of pyridine rings is 2. The Bertz CT molecular complexity index is 1180. The molecule has 1 aliphatic rings. The minimum Gasteiger partial charge on any atom is -0.350 e. The van der Waals surface area contributed by atoms with Crippen molar-refractivity contribution in [2.45, 2.75) is 18.8 Å². The van der Waals surface area contributed by atoms with Crippen LogP contribution in [0, 0.1) is 6.07 Å². The number of halogens is 2. The van der Waals surface area contributed by atoms with E-state index in [-0.39, 0.29) is 13.0 Å². The predicted molar refractivity (Wildman–Crippen MR) is 116 cm³/mol. The molecule has 0 bridgehead atoms. The lowest BCUT2D eigenvalue weighted by Gasteiger charge is -2.33. The fraction of sp³-hybridized carbons (Fsp3) is 0.200. The van der Waals surface area contributed by atoms with Gasteiger partial charge in [0.05, 0.1) is 17.8 Å². The molecule has 0 atom stereocenters. The van der Waals surface area contributed by atoms with Gasteiger partial charge in [-0.1, -0.05) is 54.6 Å². The second-order valence-corrected chi connectivity index (χ2v) is 7.62. The smallest absolute Gasteiger partial charge is 0.265 e. The van der Waals surface area contributed by atoms with E-state index in [9.17, 15) is 8.78 Å². The SMILES string of the molecule is FC1(F)CCCN(c2nccc3nc(-c4cc[c]cc4)c(-c4ccccc4)cc23)C1. The molecule has 0 unspecified atom stereocenters. The number of nitrogens with zero attached hydrogens (tertiary/aromatic N) is 3. The zero-order valence-electron chi connectivity index (χ0n) is 16.4. The highest BCUT2D eigenvalue weighted by atomic mass is 19.3. The van der Waals surface area contributed by atoms with Gasteiger partial charge in [-0.05, 0) is 30.2 Å². The van der Waals surface area contributed by atoms with E-state index >= 15 is 0 Å². The largest absolute Gasteiger partial charge is 0.350 e. The summed E-state index contributed by atoms with van der Waals surface area (Å²) in [6, 6.07) is 24.6. The van der Waals surface area contributed by atoms with Crippen LogP contribution in [0.4, 0.5) is 14.6 Å². The molecule has 149 valence electrons. The van der Waals surface area contributed by atoms with E-state index in [1.165, 1.54) is 0 Å². The summed E-state index contributed by atoms with van der Waals surface area (Å²) >= 11 is 0. The lowest BCUT2D eigenvalue weighted by Crippen LogP contribution is -2.43. The van der Waals surface area contributed by atoms with Crippen molar-refractivity contribution in [2.75, 3.05) is 18.0 Å². The minimum atomic E-state index is -2.70. The Morgan fingerprint density at radius 3 is 2.53 bits per heavy atom. The van der Waals surface area contributed by atoms with E-state index in [1.54, 1.807) is 11.1 Å². The van der Waals surface area contributed by atoms with Gasteiger partial charge in [0.15, 0.2) is 0 Å². The van der Waals surface area contributed by atoms with Crippen molar-refractivity contribution in [3.05, 3.63) is 79.0 Å². The number of hydrogen-bond donors (Lipinski definition) is 0. The lowest BCUT2D eigenvalue weighted by atomic mass is 9.97. The summed E-state index contributed by atoms with van der Waals surface area (Å²) in [5, 5.41) is 0.792. The highest BCUT2D eigenvalue weighted by Gasteiger charge is 2.36. The van der Waals surface area contributed by atoms with Crippen molar-refractivity contribution in [1.82, 2.24) is 9.97 Å². The summed E-state index contributed by atoms with van der Waals surface area (Å²) < 4.78 is 28.2. The van der Waals surface area contributed by atoms with Crippen LogP contribution in [0.3, 0.4) is 0 Å². The second-order valence-electron chi connectivity index (χ2n) is 7.62. The standard InChI is InChI=1S/C25H20F2N3/c26-25(27)13-7-15-30(17-25)24-21-16-20(18-8-3-1-4-9-18)23(19-10-5-2-6-11-19)29-22(21)12-14-28-24/h1,3-6,8-12,14,16H,7,13,15,17H2. The number of rotatable bonds is 3. The first-order valence-electron chi connectivity index (χ1n) is 10.1. The third kappa shape index (κ3) is 3.52. The van der Waals surface area contributed by atoms with Crippen LogP contribution >= 0.6 is 0 Å². The maximum atomic E-state index is 14.1.